The SMILES string of the molecule is CC(C)(C)N1CCC(OC2CC(O)C2)CC1. The number of nitrogens with zero attached hydrogens (tertiary/aromatic N) is 1. The number of rotatable bonds is 2. The topological polar surface area (TPSA) is 32.7 Å². The molecule has 1 aliphatic carbocycles. The Hall–Kier alpha value is -0.120. The van der Waals surface area contributed by atoms with Crippen molar-refractivity contribution in [3.05, 3.63) is 0 Å². The third-order valence-electron chi connectivity index (χ3n) is 3.85. The second kappa shape index (κ2) is 4.63. The number of ether oxygens (including phenoxy) is 1. The van der Waals surface area contributed by atoms with Crippen LogP contribution < -0.4 is 0 Å². The van der Waals surface area contributed by atoms with E-state index in [0.717, 1.165) is 38.8 Å². The fourth-order valence-electron chi connectivity index (χ4n) is 2.58. The van der Waals surface area contributed by atoms with Gasteiger partial charge in [-0.3, -0.25) is 4.90 Å². The van der Waals surface area contributed by atoms with E-state index in [9.17, 15) is 5.11 Å². The lowest BCUT2D eigenvalue weighted by molar-refractivity contribution is -0.120. The van der Waals surface area contributed by atoms with Crippen LogP contribution in [-0.4, -0.2) is 46.9 Å². The van der Waals surface area contributed by atoms with E-state index < -0.39 is 0 Å². The summed E-state index contributed by atoms with van der Waals surface area (Å²) >= 11 is 0. The van der Waals surface area contributed by atoms with Crippen molar-refractivity contribution in [2.45, 2.75) is 70.3 Å². The van der Waals surface area contributed by atoms with E-state index in [1.807, 2.05) is 0 Å². The highest BCUT2D eigenvalue weighted by atomic mass is 16.5. The van der Waals surface area contributed by atoms with E-state index in [1.54, 1.807) is 0 Å². The van der Waals surface area contributed by atoms with Crippen molar-refractivity contribution < 1.29 is 9.84 Å². The molecule has 0 radical (unpaired) electrons. The van der Waals surface area contributed by atoms with E-state index in [2.05, 4.69) is 25.7 Å². The lowest BCUT2D eigenvalue weighted by atomic mass is 9.91. The van der Waals surface area contributed by atoms with E-state index in [0.29, 0.717) is 12.2 Å². The molecule has 16 heavy (non-hydrogen) atoms. The summed E-state index contributed by atoms with van der Waals surface area (Å²) in [5.41, 5.74) is 0.289. The Balaban J connectivity index is 1.69. The molecule has 94 valence electrons. The predicted molar refractivity (Wildman–Crippen MR) is 64.5 cm³/mol. The van der Waals surface area contributed by atoms with Crippen molar-refractivity contribution in [1.82, 2.24) is 4.90 Å². The van der Waals surface area contributed by atoms with Crippen LogP contribution in [0.5, 0.6) is 0 Å². The fraction of sp³-hybridized carbons (Fsp3) is 1.00. The number of likely N-dealkylation sites (tertiary alicyclic amines) is 1. The molecular weight excluding hydrogens is 202 g/mol. The van der Waals surface area contributed by atoms with E-state index in [4.69, 9.17) is 4.74 Å². The highest BCUT2D eigenvalue weighted by Gasteiger charge is 2.33. The van der Waals surface area contributed by atoms with Gasteiger partial charge in [-0.2, -0.15) is 0 Å². The fourth-order valence-corrected chi connectivity index (χ4v) is 2.58. The van der Waals surface area contributed by atoms with Gasteiger partial charge >= 0.3 is 0 Å². The Morgan fingerprint density at radius 2 is 1.62 bits per heavy atom. The highest BCUT2D eigenvalue weighted by molar-refractivity contribution is 4.85. The Labute approximate surface area is 98.8 Å². The molecule has 1 saturated carbocycles. The monoisotopic (exact) mass is 227 g/mol. The van der Waals surface area contributed by atoms with E-state index >= 15 is 0 Å². The first-order chi connectivity index (χ1) is 7.45. The maximum Gasteiger partial charge on any atom is 0.0628 e. The minimum atomic E-state index is -0.0975. The summed E-state index contributed by atoms with van der Waals surface area (Å²) in [6.45, 7) is 9.11. The van der Waals surface area contributed by atoms with Crippen LogP contribution in [0.3, 0.4) is 0 Å². The van der Waals surface area contributed by atoms with Crippen LogP contribution >= 0.6 is 0 Å². The van der Waals surface area contributed by atoms with Crippen LogP contribution in [-0.2, 0) is 4.74 Å². The molecule has 0 aromatic rings. The van der Waals surface area contributed by atoms with Gasteiger partial charge in [0.15, 0.2) is 0 Å². The van der Waals surface area contributed by atoms with Gasteiger partial charge in [0.2, 0.25) is 0 Å². The molecule has 0 aromatic heterocycles. The lowest BCUT2D eigenvalue weighted by Gasteiger charge is -2.42. The van der Waals surface area contributed by atoms with Crippen LogP contribution in [0.2, 0.25) is 0 Å². The molecule has 2 fully saturated rings. The van der Waals surface area contributed by atoms with Crippen molar-refractivity contribution in [1.29, 1.82) is 0 Å². The quantitative estimate of drug-likeness (QED) is 0.780. The zero-order chi connectivity index (χ0) is 11.8. The standard InChI is InChI=1S/C13H25NO2/c1-13(2,3)14-6-4-11(5-7-14)16-12-8-10(15)9-12/h10-12,15H,4-9H2,1-3H3. The Bertz CT molecular complexity index is 223. The van der Waals surface area contributed by atoms with E-state index in [1.165, 1.54) is 0 Å². The van der Waals surface area contributed by atoms with Crippen LogP contribution in [0.4, 0.5) is 0 Å². The van der Waals surface area contributed by atoms with Gasteiger partial charge in [-0.1, -0.05) is 0 Å². The molecule has 2 rings (SSSR count). The summed E-state index contributed by atoms with van der Waals surface area (Å²) in [5.74, 6) is 0. The summed E-state index contributed by atoms with van der Waals surface area (Å²) in [5, 5.41) is 9.21. The van der Waals surface area contributed by atoms with Gasteiger partial charge in [0.05, 0.1) is 18.3 Å². The summed E-state index contributed by atoms with van der Waals surface area (Å²) in [6.07, 6.45) is 4.64. The third kappa shape index (κ3) is 2.96. The largest absolute Gasteiger partial charge is 0.393 e. The Kier molecular flexibility index (Phi) is 3.57. The molecule has 1 heterocycles. The molecule has 2 aliphatic rings. The number of aliphatic hydroxyl groups excluding tert-OH is 1. The molecule has 0 aromatic carbocycles. The first-order valence-corrected chi connectivity index (χ1v) is 6.54. The van der Waals surface area contributed by atoms with E-state index in [-0.39, 0.29) is 11.6 Å². The number of piperidine rings is 1. The minimum absolute atomic E-state index is 0.0975. The first kappa shape index (κ1) is 12.3. The second-order valence-electron chi connectivity index (χ2n) is 6.24. The third-order valence-corrected chi connectivity index (χ3v) is 3.85. The molecule has 1 saturated heterocycles. The van der Waals surface area contributed by atoms with Crippen molar-refractivity contribution in [2.75, 3.05) is 13.1 Å². The molecular formula is C13H25NO2. The summed E-state index contributed by atoms with van der Waals surface area (Å²) in [7, 11) is 0. The summed E-state index contributed by atoms with van der Waals surface area (Å²) in [4.78, 5) is 2.53. The van der Waals surface area contributed by atoms with Crippen molar-refractivity contribution in [3.63, 3.8) is 0 Å². The maximum absolute atomic E-state index is 9.21. The van der Waals surface area contributed by atoms with Crippen molar-refractivity contribution >= 4 is 0 Å². The van der Waals surface area contributed by atoms with Gasteiger partial charge in [-0.05, 0) is 46.5 Å². The number of hydrogen-bond acceptors (Lipinski definition) is 3. The summed E-state index contributed by atoms with van der Waals surface area (Å²) in [6, 6.07) is 0. The number of hydrogen-bond donors (Lipinski definition) is 1. The van der Waals surface area contributed by atoms with Crippen molar-refractivity contribution in [2.24, 2.45) is 0 Å². The molecule has 3 heteroatoms. The predicted octanol–water partition coefficient (Wildman–Crippen LogP) is 1.79. The molecule has 0 amide bonds. The molecule has 3 nitrogen and oxygen atoms in total. The van der Waals surface area contributed by atoms with Crippen LogP contribution in [0.1, 0.15) is 46.5 Å². The maximum atomic E-state index is 9.21. The van der Waals surface area contributed by atoms with Crippen LogP contribution in [0.15, 0.2) is 0 Å². The van der Waals surface area contributed by atoms with Gasteiger partial charge in [-0.15, -0.1) is 0 Å². The van der Waals surface area contributed by atoms with Gasteiger partial charge in [0.25, 0.3) is 0 Å². The molecule has 0 atom stereocenters. The first-order valence-electron chi connectivity index (χ1n) is 6.54. The smallest absolute Gasteiger partial charge is 0.0628 e. The average molecular weight is 227 g/mol. The molecule has 0 bridgehead atoms. The van der Waals surface area contributed by atoms with Crippen LogP contribution in [0.25, 0.3) is 0 Å². The van der Waals surface area contributed by atoms with Gasteiger partial charge in [0.1, 0.15) is 0 Å². The summed E-state index contributed by atoms with van der Waals surface area (Å²) < 4.78 is 5.97. The van der Waals surface area contributed by atoms with Crippen molar-refractivity contribution in [3.8, 4) is 0 Å². The van der Waals surface area contributed by atoms with Gasteiger partial charge in [0, 0.05) is 18.6 Å². The zero-order valence-corrected chi connectivity index (χ0v) is 10.8. The molecule has 0 unspecified atom stereocenters. The molecule has 1 N–H and O–H groups in total. The zero-order valence-electron chi connectivity index (χ0n) is 10.8. The van der Waals surface area contributed by atoms with Gasteiger partial charge in [-0.25, -0.2) is 0 Å². The lowest BCUT2D eigenvalue weighted by Crippen LogP contribution is -2.49. The van der Waals surface area contributed by atoms with Gasteiger partial charge < -0.3 is 9.84 Å². The highest BCUT2D eigenvalue weighted by Crippen LogP contribution is 2.28. The molecule has 1 aliphatic heterocycles. The molecule has 0 spiro atoms. The minimum Gasteiger partial charge on any atom is -0.393 e. The Morgan fingerprint density at radius 1 is 1.06 bits per heavy atom. The normalized spacial score (nSPS) is 33.8. The second-order valence-corrected chi connectivity index (χ2v) is 6.24. The van der Waals surface area contributed by atoms with Crippen LogP contribution in [0, 0.1) is 0 Å². The Morgan fingerprint density at radius 3 is 2.06 bits per heavy atom. The average Bonchev–Trinajstić information content (AvgIpc) is 2.15. The number of aliphatic hydroxyl groups is 1.